The molecule has 7 heteroatoms. The molecule has 20 heavy (non-hydrogen) atoms. The van der Waals surface area contributed by atoms with Crippen LogP contribution in [-0.4, -0.2) is 38.4 Å². The van der Waals surface area contributed by atoms with Crippen LogP contribution in [0.2, 0.25) is 0 Å². The Morgan fingerprint density at radius 1 is 1.30 bits per heavy atom. The highest BCUT2D eigenvalue weighted by atomic mass is 16.7. The SMILES string of the molecule is COC[C@@H](C)NC(=O)C(=O)Nc1ccc2c(c1)OCO2. The van der Waals surface area contributed by atoms with Crippen molar-refractivity contribution in [3.8, 4) is 11.5 Å². The normalized spacial score (nSPS) is 13.7. The Bertz CT molecular complexity index is 517. The number of carbonyl (C=O) groups excluding carboxylic acids is 2. The Hall–Kier alpha value is -2.28. The summed E-state index contributed by atoms with van der Waals surface area (Å²) >= 11 is 0. The highest BCUT2D eigenvalue weighted by molar-refractivity contribution is 6.39. The fraction of sp³-hybridized carbons (Fsp3) is 0.385. The van der Waals surface area contributed by atoms with Gasteiger partial charge in [0.1, 0.15) is 0 Å². The van der Waals surface area contributed by atoms with Crippen LogP contribution in [0.15, 0.2) is 18.2 Å². The maximum absolute atomic E-state index is 11.7. The minimum atomic E-state index is -0.744. The molecule has 0 unspecified atom stereocenters. The molecule has 2 rings (SSSR count). The number of methoxy groups -OCH3 is 1. The van der Waals surface area contributed by atoms with E-state index in [1.165, 1.54) is 7.11 Å². The summed E-state index contributed by atoms with van der Waals surface area (Å²) in [5.41, 5.74) is 0.466. The van der Waals surface area contributed by atoms with Gasteiger partial charge in [-0.3, -0.25) is 9.59 Å². The van der Waals surface area contributed by atoms with Gasteiger partial charge in [-0.2, -0.15) is 0 Å². The van der Waals surface area contributed by atoms with Crippen LogP contribution >= 0.6 is 0 Å². The van der Waals surface area contributed by atoms with Crippen molar-refractivity contribution in [2.45, 2.75) is 13.0 Å². The third-order valence-electron chi connectivity index (χ3n) is 2.63. The Labute approximate surface area is 116 Å². The summed E-state index contributed by atoms with van der Waals surface area (Å²) in [5.74, 6) is -0.309. The van der Waals surface area contributed by atoms with E-state index in [-0.39, 0.29) is 12.8 Å². The molecular formula is C13H16N2O5. The number of amides is 2. The van der Waals surface area contributed by atoms with Gasteiger partial charge in [0.25, 0.3) is 0 Å². The number of rotatable bonds is 4. The zero-order chi connectivity index (χ0) is 14.5. The van der Waals surface area contributed by atoms with Crippen molar-refractivity contribution in [2.75, 3.05) is 25.8 Å². The van der Waals surface area contributed by atoms with Crippen LogP contribution in [0.3, 0.4) is 0 Å². The zero-order valence-corrected chi connectivity index (χ0v) is 11.3. The van der Waals surface area contributed by atoms with Gasteiger partial charge < -0.3 is 24.8 Å². The zero-order valence-electron chi connectivity index (χ0n) is 11.3. The fourth-order valence-electron chi connectivity index (χ4n) is 1.74. The van der Waals surface area contributed by atoms with Crippen LogP contribution < -0.4 is 20.1 Å². The molecule has 0 fully saturated rings. The minimum Gasteiger partial charge on any atom is -0.454 e. The summed E-state index contributed by atoms with van der Waals surface area (Å²) in [7, 11) is 1.52. The fourth-order valence-corrected chi connectivity index (χ4v) is 1.74. The number of hydrogen-bond acceptors (Lipinski definition) is 5. The predicted molar refractivity (Wildman–Crippen MR) is 70.7 cm³/mol. The third-order valence-corrected chi connectivity index (χ3v) is 2.63. The van der Waals surface area contributed by atoms with Crippen molar-refractivity contribution in [3.05, 3.63) is 18.2 Å². The molecule has 0 aromatic heterocycles. The number of benzene rings is 1. The minimum absolute atomic E-state index is 0.155. The van der Waals surface area contributed by atoms with Gasteiger partial charge in [0, 0.05) is 24.9 Å². The quantitative estimate of drug-likeness (QED) is 0.785. The molecule has 0 aliphatic carbocycles. The van der Waals surface area contributed by atoms with Crippen LogP contribution in [0.25, 0.3) is 0 Å². The summed E-state index contributed by atoms with van der Waals surface area (Å²) in [5, 5.41) is 5.01. The average Bonchev–Trinajstić information content (AvgIpc) is 2.86. The molecule has 1 aliphatic rings. The van der Waals surface area contributed by atoms with E-state index in [4.69, 9.17) is 14.2 Å². The first-order valence-corrected chi connectivity index (χ1v) is 6.10. The topological polar surface area (TPSA) is 85.9 Å². The van der Waals surface area contributed by atoms with Gasteiger partial charge in [-0.1, -0.05) is 0 Å². The number of ether oxygens (including phenoxy) is 3. The van der Waals surface area contributed by atoms with Gasteiger partial charge in [-0.15, -0.1) is 0 Å². The highest BCUT2D eigenvalue weighted by Gasteiger charge is 2.18. The standard InChI is InChI=1S/C13H16N2O5/c1-8(6-18-2)14-12(16)13(17)15-9-3-4-10-11(5-9)20-7-19-10/h3-5,8H,6-7H2,1-2H3,(H,14,16)(H,15,17)/t8-/m1/s1. The second-order valence-electron chi connectivity index (χ2n) is 4.35. The maximum atomic E-state index is 11.7. The van der Waals surface area contributed by atoms with E-state index in [0.29, 0.717) is 23.8 Å². The van der Waals surface area contributed by atoms with Crippen molar-refractivity contribution in [1.82, 2.24) is 5.32 Å². The van der Waals surface area contributed by atoms with Gasteiger partial charge in [-0.25, -0.2) is 0 Å². The Morgan fingerprint density at radius 3 is 2.80 bits per heavy atom. The molecule has 108 valence electrons. The average molecular weight is 280 g/mol. The van der Waals surface area contributed by atoms with Crippen molar-refractivity contribution >= 4 is 17.5 Å². The second kappa shape index (κ2) is 6.25. The second-order valence-corrected chi connectivity index (χ2v) is 4.35. The lowest BCUT2D eigenvalue weighted by Gasteiger charge is -2.12. The van der Waals surface area contributed by atoms with Crippen molar-refractivity contribution < 1.29 is 23.8 Å². The van der Waals surface area contributed by atoms with Gasteiger partial charge >= 0.3 is 11.8 Å². The summed E-state index contributed by atoms with van der Waals surface area (Å²) < 4.78 is 15.2. The maximum Gasteiger partial charge on any atom is 0.313 e. The number of hydrogen-bond donors (Lipinski definition) is 2. The van der Waals surface area contributed by atoms with Gasteiger partial charge in [0.05, 0.1) is 6.61 Å². The van der Waals surface area contributed by atoms with Crippen LogP contribution in [0, 0.1) is 0 Å². The van der Waals surface area contributed by atoms with Crippen LogP contribution in [0.5, 0.6) is 11.5 Å². The van der Waals surface area contributed by atoms with E-state index in [2.05, 4.69) is 10.6 Å². The number of carbonyl (C=O) groups is 2. The molecule has 1 atom stereocenters. The highest BCUT2D eigenvalue weighted by Crippen LogP contribution is 2.34. The van der Waals surface area contributed by atoms with E-state index in [1.807, 2.05) is 0 Å². The predicted octanol–water partition coefficient (Wildman–Crippen LogP) is 0.505. The Balaban J connectivity index is 1.92. The van der Waals surface area contributed by atoms with Crippen molar-refractivity contribution in [1.29, 1.82) is 0 Å². The molecule has 0 radical (unpaired) electrons. The molecule has 0 saturated heterocycles. The molecule has 1 aliphatic heterocycles. The molecular weight excluding hydrogens is 264 g/mol. The Morgan fingerprint density at radius 2 is 2.05 bits per heavy atom. The lowest BCUT2D eigenvalue weighted by molar-refractivity contribution is -0.136. The number of nitrogens with one attached hydrogen (secondary N) is 2. The molecule has 1 aromatic carbocycles. The first-order chi connectivity index (χ1) is 9.60. The smallest absolute Gasteiger partial charge is 0.313 e. The largest absolute Gasteiger partial charge is 0.454 e. The van der Waals surface area contributed by atoms with Crippen LogP contribution in [0.4, 0.5) is 5.69 Å². The molecule has 7 nitrogen and oxygen atoms in total. The molecule has 1 aromatic rings. The molecule has 0 bridgehead atoms. The molecule has 0 spiro atoms. The molecule has 0 saturated carbocycles. The lowest BCUT2D eigenvalue weighted by Crippen LogP contribution is -2.42. The summed E-state index contributed by atoms with van der Waals surface area (Å²) in [6.45, 7) is 2.24. The number of fused-ring (bicyclic) bond motifs is 1. The molecule has 2 N–H and O–H groups in total. The van der Waals surface area contributed by atoms with Gasteiger partial charge in [0.15, 0.2) is 11.5 Å². The first kappa shape index (κ1) is 14.1. The molecule has 1 heterocycles. The van der Waals surface area contributed by atoms with Gasteiger partial charge in [-0.05, 0) is 19.1 Å². The van der Waals surface area contributed by atoms with E-state index in [1.54, 1.807) is 25.1 Å². The van der Waals surface area contributed by atoms with E-state index < -0.39 is 11.8 Å². The Kier molecular flexibility index (Phi) is 4.41. The van der Waals surface area contributed by atoms with E-state index in [9.17, 15) is 9.59 Å². The van der Waals surface area contributed by atoms with E-state index in [0.717, 1.165) is 0 Å². The molecule has 2 amide bonds. The summed E-state index contributed by atoms with van der Waals surface area (Å²) in [4.78, 5) is 23.3. The summed E-state index contributed by atoms with van der Waals surface area (Å²) in [6, 6.07) is 4.67. The van der Waals surface area contributed by atoms with Crippen LogP contribution in [-0.2, 0) is 14.3 Å². The van der Waals surface area contributed by atoms with Crippen LogP contribution in [0.1, 0.15) is 6.92 Å². The summed E-state index contributed by atoms with van der Waals surface area (Å²) in [6.07, 6.45) is 0. The lowest BCUT2D eigenvalue weighted by atomic mass is 10.2. The third kappa shape index (κ3) is 3.39. The van der Waals surface area contributed by atoms with Gasteiger partial charge in [0.2, 0.25) is 6.79 Å². The number of anilines is 1. The van der Waals surface area contributed by atoms with Crippen molar-refractivity contribution in [2.24, 2.45) is 0 Å². The van der Waals surface area contributed by atoms with E-state index >= 15 is 0 Å². The van der Waals surface area contributed by atoms with Crippen molar-refractivity contribution in [3.63, 3.8) is 0 Å². The first-order valence-electron chi connectivity index (χ1n) is 6.10. The monoisotopic (exact) mass is 280 g/mol.